The summed E-state index contributed by atoms with van der Waals surface area (Å²) in [6.45, 7) is 4.04. The Balaban J connectivity index is 2.18. The van der Waals surface area contributed by atoms with Gasteiger partial charge in [0.05, 0.1) is 24.4 Å². The van der Waals surface area contributed by atoms with Crippen molar-refractivity contribution >= 4 is 11.7 Å². The number of aryl methyl sites for hydroxylation is 2. The Kier molecular flexibility index (Phi) is 4.08. The van der Waals surface area contributed by atoms with Gasteiger partial charge in [-0.05, 0) is 43.7 Å². The van der Waals surface area contributed by atoms with E-state index in [0.29, 0.717) is 5.56 Å². The van der Waals surface area contributed by atoms with Crippen LogP contribution < -0.4 is 5.32 Å². The fourth-order valence-electron chi connectivity index (χ4n) is 2.19. The summed E-state index contributed by atoms with van der Waals surface area (Å²) in [4.78, 5) is 11.5. The van der Waals surface area contributed by atoms with Crippen LogP contribution in [0, 0.1) is 6.92 Å². The summed E-state index contributed by atoms with van der Waals surface area (Å²) in [7, 11) is 3.30. The van der Waals surface area contributed by atoms with Crippen LogP contribution in [0.4, 0.5) is 5.69 Å². The summed E-state index contributed by atoms with van der Waals surface area (Å²) in [5, 5.41) is 7.59. The van der Waals surface area contributed by atoms with E-state index in [2.05, 4.69) is 17.3 Å². The summed E-state index contributed by atoms with van der Waals surface area (Å²) in [5.74, 6) is -0.320. The number of rotatable bonds is 4. The minimum absolute atomic E-state index is 0.130. The molecule has 0 amide bonds. The minimum atomic E-state index is -0.320. The van der Waals surface area contributed by atoms with E-state index in [9.17, 15) is 4.79 Å². The molecule has 1 atom stereocenters. The molecule has 5 nitrogen and oxygen atoms in total. The normalized spacial score (nSPS) is 12.0. The van der Waals surface area contributed by atoms with Crippen molar-refractivity contribution < 1.29 is 9.53 Å². The van der Waals surface area contributed by atoms with Crippen LogP contribution in [-0.2, 0) is 11.8 Å². The summed E-state index contributed by atoms with van der Waals surface area (Å²) in [6, 6.07) is 7.59. The quantitative estimate of drug-likeness (QED) is 0.870. The second kappa shape index (κ2) is 5.77. The van der Waals surface area contributed by atoms with Gasteiger partial charge in [0.2, 0.25) is 0 Å². The Bertz CT molecular complexity index is 619. The van der Waals surface area contributed by atoms with Crippen LogP contribution in [0.3, 0.4) is 0 Å². The smallest absolute Gasteiger partial charge is 0.337 e. The van der Waals surface area contributed by atoms with E-state index in [4.69, 9.17) is 4.74 Å². The van der Waals surface area contributed by atoms with Crippen molar-refractivity contribution in [3.05, 3.63) is 47.3 Å². The zero-order valence-electron chi connectivity index (χ0n) is 12.2. The third-order valence-electron chi connectivity index (χ3n) is 3.32. The van der Waals surface area contributed by atoms with Crippen molar-refractivity contribution in [2.24, 2.45) is 7.05 Å². The Hall–Kier alpha value is -2.30. The lowest BCUT2D eigenvalue weighted by Gasteiger charge is -2.17. The van der Waals surface area contributed by atoms with Gasteiger partial charge in [-0.2, -0.15) is 5.10 Å². The molecule has 0 bridgehead atoms. The molecule has 0 radical (unpaired) electrons. The van der Waals surface area contributed by atoms with Crippen molar-refractivity contribution in [2.45, 2.75) is 19.9 Å². The van der Waals surface area contributed by atoms with E-state index in [1.807, 2.05) is 36.9 Å². The fraction of sp³-hybridized carbons (Fsp3) is 0.333. The highest BCUT2D eigenvalue weighted by Crippen LogP contribution is 2.22. The maximum atomic E-state index is 11.5. The van der Waals surface area contributed by atoms with Gasteiger partial charge in [-0.25, -0.2) is 4.79 Å². The molecule has 20 heavy (non-hydrogen) atoms. The Labute approximate surface area is 118 Å². The van der Waals surface area contributed by atoms with Crippen LogP contribution in [-0.4, -0.2) is 22.9 Å². The molecular weight excluding hydrogens is 254 g/mol. The van der Waals surface area contributed by atoms with E-state index in [1.54, 1.807) is 12.3 Å². The highest BCUT2D eigenvalue weighted by Gasteiger charge is 2.12. The number of carbonyl (C=O) groups excluding carboxylic acids is 1. The van der Waals surface area contributed by atoms with Gasteiger partial charge in [0, 0.05) is 18.9 Å². The first kappa shape index (κ1) is 14.1. The molecule has 2 aromatic rings. The van der Waals surface area contributed by atoms with Crippen molar-refractivity contribution in [1.29, 1.82) is 0 Å². The van der Waals surface area contributed by atoms with E-state index in [-0.39, 0.29) is 12.0 Å². The largest absolute Gasteiger partial charge is 0.465 e. The predicted octanol–water partition coefficient (Wildman–Crippen LogP) is 2.69. The fourth-order valence-corrected chi connectivity index (χ4v) is 2.19. The number of nitrogens with one attached hydrogen (secondary N) is 1. The lowest BCUT2D eigenvalue weighted by Crippen LogP contribution is -2.12. The first-order valence-electron chi connectivity index (χ1n) is 6.46. The number of esters is 1. The molecule has 0 saturated carbocycles. The second-order valence-electron chi connectivity index (χ2n) is 4.77. The third-order valence-corrected chi connectivity index (χ3v) is 3.32. The zero-order valence-corrected chi connectivity index (χ0v) is 12.2. The topological polar surface area (TPSA) is 56.1 Å². The van der Waals surface area contributed by atoms with E-state index >= 15 is 0 Å². The first-order chi connectivity index (χ1) is 9.52. The van der Waals surface area contributed by atoms with Gasteiger partial charge in [0.15, 0.2) is 0 Å². The zero-order chi connectivity index (χ0) is 14.7. The second-order valence-corrected chi connectivity index (χ2v) is 4.77. The number of nitrogens with zero attached hydrogens (tertiary/aromatic N) is 2. The van der Waals surface area contributed by atoms with E-state index in [1.165, 1.54) is 7.11 Å². The number of ether oxygens (including phenoxy) is 1. The molecule has 0 aliphatic heterocycles. The first-order valence-corrected chi connectivity index (χ1v) is 6.46. The van der Waals surface area contributed by atoms with Gasteiger partial charge < -0.3 is 10.1 Å². The molecule has 0 aliphatic carbocycles. The lowest BCUT2D eigenvalue weighted by molar-refractivity contribution is 0.0600. The van der Waals surface area contributed by atoms with Gasteiger partial charge in [0.25, 0.3) is 0 Å². The average Bonchev–Trinajstić information content (AvgIpc) is 2.86. The molecule has 1 unspecified atom stereocenters. The number of aromatic nitrogens is 2. The molecule has 0 aliphatic rings. The van der Waals surface area contributed by atoms with Crippen molar-refractivity contribution in [3.63, 3.8) is 0 Å². The highest BCUT2D eigenvalue weighted by atomic mass is 16.5. The molecule has 1 aromatic carbocycles. The molecule has 0 saturated heterocycles. The molecule has 0 fully saturated rings. The maximum absolute atomic E-state index is 11.5. The number of hydrogen-bond donors (Lipinski definition) is 1. The van der Waals surface area contributed by atoms with Gasteiger partial charge in [-0.3, -0.25) is 4.68 Å². The van der Waals surface area contributed by atoms with Crippen LogP contribution >= 0.6 is 0 Å². The molecule has 0 spiro atoms. The molecule has 1 aromatic heterocycles. The number of methoxy groups -OCH3 is 1. The summed E-state index contributed by atoms with van der Waals surface area (Å²) in [6.07, 6.45) is 1.78. The van der Waals surface area contributed by atoms with Crippen molar-refractivity contribution in [3.8, 4) is 0 Å². The van der Waals surface area contributed by atoms with Gasteiger partial charge >= 0.3 is 5.97 Å². The SMILES string of the molecule is COC(=O)c1ccc(NC(C)c2ccnn2C)c(C)c1. The Morgan fingerprint density at radius 2 is 2.15 bits per heavy atom. The van der Waals surface area contributed by atoms with Gasteiger partial charge in [0.1, 0.15) is 0 Å². The number of anilines is 1. The van der Waals surface area contributed by atoms with Crippen LogP contribution in [0.5, 0.6) is 0 Å². The van der Waals surface area contributed by atoms with Crippen molar-refractivity contribution in [2.75, 3.05) is 12.4 Å². The third kappa shape index (κ3) is 2.82. The average molecular weight is 273 g/mol. The number of benzene rings is 1. The molecule has 1 heterocycles. The summed E-state index contributed by atoms with van der Waals surface area (Å²) in [5.41, 5.74) is 3.65. The predicted molar refractivity (Wildman–Crippen MR) is 77.8 cm³/mol. The van der Waals surface area contributed by atoms with Crippen LogP contribution in [0.2, 0.25) is 0 Å². The standard InChI is InChI=1S/C15H19N3O2/c1-10-9-12(15(19)20-4)5-6-13(10)17-11(2)14-7-8-16-18(14)3/h5-9,11,17H,1-4H3. The van der Waals surface area contributed by atoms with Gasteiger partial charge in [-0.1, -0.05) is 0 Å². The lowest BCUT2D eigenvalue weighted by atomic mass is 10.1. The molecule has 2 rings (SSSR count). The molecule has 1 N–H and O–H groups in total. The Morgan fingerprint density at radius 1 is 1.40 bits per heavy atom. The molecule has 5 heteroatoms. The van der Waals surface area contributed by atoms with Gasteiger partial charge in [-0.15, -0.1) is 0 Å². The number of hydrogen-bond acceptors (Lipinski definition) is 4. The van der Waals surface area contributed by atoms with E-state index < -0.39 is 0 Å². The summed E-state index contributed by atoms with van der Waals surface area (Å²) < 4.78 is 6.56. The van der Waals surface area contributed by atoms with Crippen LogP contribution in [0.1, 0.15) is 34.6 Å². The van der Waals surface area contributed by atoms with Crippen LogP contribution in [0.25, 0.3) is 0 Å². The molecular formula is C15H19N3O2. The maximum Gasteiger partial charge on any atom is 0.337 e. The van der Waals surface area contributed by atoms with Crippen molar-refractivity contribution in [1.82, 2.24) is 9.78 Å². The highest BCUT2D eigenvalue weighted by molar-refractivity contribution is 5.90. The Morgan fingerprint density at radius 3 is 2.70 bits per heavy atom. The molecule has 106 valence electrons. The summed E-state index contributed by atoms with van der Waals surface area (Å²) >= 11 is 0. The monoisotopic (exact) mass is 273 g/mol. The number of carbonyl (C=O) groups is 1. The minimum Gasteiger partial charge on any atom is -0.465 e. The van der Waals surface area contributed by atoms with E-state index in [0.717, 1.165) is 16.9 Å². The van der Waals surface area contributed by atoms with Crippen LogP contribution in [0.15, 0.2) is 30.5 Å².